The van der Waals surface area contributed by atoms with Crippen molar-refractivity contribution in [1.29, 1.82) is 0 Å². The second kappa shape index (κ2) is 4.02. The number of hydrogen-bond acceptors (Lipinski definition) is 5. The number of hydrogen-bond donors (Lipinski definition) is 1. The van der Waals surface area contributed by atoms with Gasteiger partial charge in [-0.1, -0.05) is 11.2 Å². The Kier molecular flexibility index (Phi) is 2.38. The molecule has 2 aromatic heterocycles. The topological polar surface area (TPSA) is 63.8 Å². The molecule has 0 saturated carbocycles. The first-order chi connectivity index (χ1) is 7.95. The van der Waals surface area contributed by atoms with Gasteiger partial charge in [-0.25, -0.2) is 0 Å². The smallest absolute Gasteiger partial charge is 0.213 e. The summed E-state index contributed by atoms with van der Waals surface area (Å²) < 4.78 is 4.80. The molecule has 1 fully saturated rings. The molecule has 0 bridgehead atoms. The second-order valence-electron chi connectivity index (χ2n) is 3.92. The highest BCUT2D eigenvalue weighted by molar-refractivity contribution is 5.19. The quantitative estimate of drug-likeness (QED) is 0.809. The van der Waals surface area contributed by atoms with Gasteiger partial charge in [0, 0.05) is 36.8 Å². The van der Waals surface area contributed by atoms with E-state index in [1.165, 1.54) is 6.39 Å². The molecule has 1 N–H and O–H groups in total. The zero-order valence-corrected chi connectivity index (χ0v) is 8.71. The van der Waals surface area contributed by atoms with Crippen molar-refractivity contribution in [3.8, 4) is 0 Å². The van der Waals surface area contributed by atoms with Crippen LogP contribution in [-0.4, -0.2) is 28.2 Å². The first-order valence-corrected chi connectivity index (χ1v) is 5.33. The molecular formula is C11H12N4O. The standard InChI is InChI=1S/C11H12N4O/c1-2-4-13-10(3-1)8-5-12-6-9(8)11-14-7-16-15-11/h1-4,7-9,12H,5-6H2/t8-,9-/m0/s1. The van der Waals surface area contributed by atoms with Crippen LogP contribution in [0.25, 0.3) is 0 Å². The van der Waals surface area contributed by atoms with E-state index in [2.05, 4.69) is 20.4 Å². The molecular weight excluding hydrogens is 204 g/mol. The molecule has 0 spiro atoms. The van der Waals surface area contributed by atoms with E-state index in [4.69, 9.17) is 4.52 Å². The van der Waals surface area contributed by atoms with Crippen molar-refractivity contribution >= 4 is 0 Å². The fourth-order valence-corrected chi connectivity index (χ4v) is 2.20. The van der Waals surface area contributed by atoms with E-state index in [0.717, 1.165) is 24.6 Å². The molecule has 1 aliphatic heterocycles. The zero-order valence-electron chi connectivity index (χ0n) is 8.71. The molecule has 0 unspecified atom stereocenters. The van der Waals surface area contributed by atoms with Gasteiger partial charge in [0.1, 0.15) is 0 Å². The summed E-state index contributed by atoms with van der Waals surface area (Å²) in [5, 5.41) is 7.27. The van der Waals surface area contributed by atoms with E-state index in [0.29, 0.717) is 5.92 Å². The van der Waals surface area contributed by atoms with Crippen molar-refractivity contribution in [2.24, 2.45) is 0 Å². The Morgan fingerprint density at radius 2 is 2.12 bits per heavy atom. The van der Waals surface area contributed by atoms with Gasteiger partial charge in [0.25, 0.3) is 0 Å². The highest BCUT2D eigenvalue weighted by Gasteiger charge is 2.33. The molecule has 5 nitrogen and oxygen atoms in total. The average molecular weight is 216 g/mol. The van der Waals surface area contributed by atoms with Crippen LogP contribution in [0.1, 0.15) is 23.4 Å². The van der Waals surface area contributed by atoms with Crippen LogP contribution in [0.4, 0.5) is 0 Å². The van der Waals surface area contributed by atoms with E-state index >= 15 is 0 Å². The van der Waals surface area contributed by atoms with Crippen LogP contribution in [0, 0.1) is 0 Å². The van der Waals surface area contributed by atoms with Crippen molar-refractivity contribution in [3.05, 3.63) is 42.3 Å². The molecule has 0 amide bonds. The van der Waals surface area contributed by atoms with E-state index in [-0.39, 0.29) is 5.92 Å². The number of nitrogens with zero attached hydrogens (tertiary/aromatic N) is 3. The lowest BCUT2D eigenvalue weighted by atomic mass is 9.92. The van der Waals surface area contributed by atoms with Crippen molar-refractivity contribution in [2.45, 2.75) is 11.8 Å². The normalized spacial score (nSPS) is 24.8. The van der Waals surface area contributed by atoms with E-state index in [1.54, 1.807) is 0 Å². The molecule has 1 aliphatic rings. The molecule has 16 heavy (non-hydrogen) atoms. The SMILES string of the molecule is c1ccc([C@H]2CNC[C@@H]2c2ncon2)nc1. The molecule has 82 valence electrons. The van der Waals surface area contributed by atoms with Crippen LogP contribution in [0.5, 0.6) is 0 Å². The third kappa shape index (κ3) is 1.59. The minimum atomic E-state index is 0.258. The summed E-state index contributed by atoms with van der Waals surface area (Å²) >= 11 is 0. The molecule has 0 radical (unpaired) electrons. The Balaban J connectivity index is 1.90. The second-order valence-corrected chi connectivity index (χ2v) is 3.92. The number of aromatic nitrogens is 3. The monoisotopic (exact) mass is 216 g/mol. The molecule has 0 aliphatic carbocycles. The van der Waals surface area contributed by atoms with Gasteiger partial charge < -0.3 is 9.84 Å². The van der Waals surface area contributed by atoms with E-state index in [9.17, 15) is 0 Å². The van der Waals surface area contributed by atoms with Crippen molar-refractivity contribution in [2.75, 3.05) is 13.1 Å². The summed E-state index contributed by atoms with van der Waals surface area (Å²) in [6.45, 7) is 1.79. The largest absolute Gasteiger partial charge is 0.343 e. The minimum absolute atomic E-state index is 0.258. The lowest BCUT2D eigenvalue weighted by Gasteiger charge is -2.14. The fraction of sp³-hybridized carbons (Fsp3) is 0.364. The van der Waals surface area contributed by atoms with Crippen LogP contribution in [0.15, 0.2) is 35.3 Å². The summed E-state index contributed by atoms with van der Waals surface area (Å²) in [6.07, 6.45) is 3.20. The Hall–Kier alpha value is -1.75. The lowest BCUT2D eigenvalue weighted by Crippen LogP contribution is -2.11. The number of rotatable bonds is 2. The maximum absolute atomic E-state index is 4.80. The van der Waals surface area contributed by atoms with Crippen LogP contribution in [0.3, 0.4) is 0 Å². The van der Waals surface area contributed by atoms with Gasteiger partial charge in [-0.3, -0.25) is 4.98 Å². The lowest BCUT2D eigenvalue weighted by molar-refractivity contribution is 0.402. The predicted octanol–water partition coefficient (Wildman–Crippen LogP) is 0.935. The Morgan fingerprint density at radius 3 is 2.88 bits per heavy atom. The molecule has 3 heterocycles. The fourth-order valence-electron chi connectivity index (χ4n) is 2.20. The molecule has 2 atom stereocenters. The highest BCUT2D eigenvalue weighted by atomic mass is 16.5. The summed E-state index contributed by atoms with van der Waals surface area (Å²) in [6, 6.07) is 5.98. The molecule has 5 heteroatoms. The van der Waals surface area contributed by atoms with Crippen LogP contribution >= 0.6 is 0 Å². The van der Waals surface area contributed by atoms with Crippen molar-refractivity contribution in [3.63, 3.8) is 0 Å². The molecule has 2 aromatic rings. The van der Waals surface area contributed by atoms with Gasteiger partial charge in [0.15, 0.2) is 5.82 Å². The number of pyridine rings is 1. The molecule has 3 rings (SSSR count). The van der Waals surface area contributed by atoms with Crippen LogP contribution in [0.2, 0.25) is 0 Å². The third-order valence-corrected chi connectivity index (χ3v) is 2.99. The van der Waals surface area contributed by atoms with Gasteiger partial charge in [-0.05, 0) is 12.1 Å². The van der Waals surface area contributed by atoms with Gasteiger partial charge in [-0.2, -0.15) is 4.98 Å². The Bertz CT molecular complexity index is 442. The summed E-state index contributed by atoms with van der Waals surface area (Å²) in [7, 11) is 0. The van der Waals surface area contributed by atoms with Crippen LogP contribution < -0.4 is 5.32 Å². The van der Waals surface area contributed by atoms with Gasteiger partial charge in [0.05, 0.1) is 0 Å². The van der Waals surface area contributed by atoms with Gasteiger partial charge in [0.2, 0.25) is 6.39 Å². The summed E-state index contributed by atoms with van der Waals surface area (Å²) in [5.74, 6) is 1.35. The third-order valence-electron chi connectivity index (χ3n) is 2.99. The van der Waals surface area contributed by atoms with E-state index in [1.807, 2.05) is 24.4 Å². The van der Waals surface area contributed by atoms with Gasteiger partial charge >= 0.3 is 0 Å². The van der Waals surface area contributed by atoms with Crippen LogP contribution in [-0.2, 0) is 0 Å². The molecule has 1 saturated heterocycles. The summed E-state index contributed by atoms with van der Waals surface area (Å²) in [4.78, 5) is 8.52. The predicted molar refractivity (Wildman–Crippen MR) is 56.9 cm³/mol. The Morgan fingerprint density at radius 1 is 1.19 bits per heavy atom. The maximum atomic E-state index is 4.80. The number of nitrogens with one attached hydrogen (secondary N) is 1. The highest BCUT2D eigenvalue weighted by Crippen LogP contribution is 2.32. The minimum Gasteiger partial charge on any atom is -0.343 e. The maximum Gasteiger partial charge on any atom is 0.213 e. The van der Waals surface area contributed by atoms with E-state index < -0.39 is 0 Å². The van der Waals surface area contributed by atoms with Crippen molar-refractivity contribution < 1.29 is 4.52 Å². The zero-order chi connectivity index (χ0) is 10.8. The molecule has 0 aromatic carbocycles. The first-order valence-electron chi connectivity index (χ1n) is 5.33. The average Bonchev–Trinajstić information content (AvgIpc) is 3.01. The first kappa shape index (κ1) is 9.47. The van der Waals surface area contributed by atoms with Crippen molar-refractivity contribution in [1.82, 2.24) is 20.4 Å². The Labute approximate surface area is 92.9 Å². The van der Waals surface area contributed by atoms with Gasteiger partial charge in [-0.15, -0.1) is 0 Å². The summed E-state index contributed by atoms with van der Waals surface area (Å²) in [5.41, 5.74) is 1.09.